The van der Waals surface area contributed by atoms with Crippen molar-refractivity contribution in [2.75, 3.05) is 0 Å². The second-order valence-corrected chi connectivity index (χ2v) is 2.63. The van der Waals surface area contributed by atoms with E-state index in [4.69, 9.17) is 7.85 Å². The largest absolute Gasteiger partial charge is 0.111 e. The van der Waals surface area contributed by atoms with E-state index in [1.54, 1.807) is 0 Å². The van der Waals surface area contributed by atoms with Gasteiger partial charge in [0.15, 0.2) is 0 Å². The molecule has 0 aromatic heterocycles. The molecule has 1 aromatic carbocycles. The lowest BCUT2D eigenvalue weighted by molar-refractivity contribution is 1.32. The number of hydrogen-bond donors (Lipinski definition) is 0. The molecule has 0 nitrogen and oxygen atoms in total. The minimum absolute atomic E-state index is 0.635. The average molecular weight is 141 g/mol. The van der Waals surface area contributed by atoms with Gasteiger partial charge in [-0.25, -0.2) is 0 Å². The Morgan fingerprint density at radius 3 is 2.18 bits per heavy atom. The molecular weight excluding hydrogens is 130 g/mol. The standard InChI is InChI=1S/C9H11B2/c1-11-7-9-4-2-8(6-10)3-5-9/h2-5H,6-7H2,1H3. The van der Waals surface area contributed by atoms with Crippen molar-refractivity contribution in [1.29, 1.82) is 0 Å². The van der Waals surface area contributed by atoms with Gasteiger partial charge in [-0.3, -0.25) is 0 Å². The quantitative estimate of drug-likeness (QED) is 0.560. The minimum atomic E-state index is 0.635. The van der Waals surface area contributed by atoms with Crippen LogP contribution >= 0.6 is 0 Å². The van der Waals surface area contributed by atoms with Crippen LogP contribution in [0.2, 0.25) is 6.82 Å². The first-order valence-electron chi connectivity index (χ1n) is 3.92. The van der Waals surface area contributed by atoms with Gasteiger partial charge in [-0.1, -0.05) is 54.9 Å². The maximum Gasteiger partial charge on any atom is 0.111 e. The second-order valence-electron chi connectivity index (χ2n) is 2.63. The van der Waals surface area contributed by atoms with Gasteiger partial charge in [0.25, 0.3) is 0 Å². The summed E-state index contributed by atoms with van der Waals surface area (Å²) in [5, 5.41) is 0. The molecule has 1 aromatic rings. The minimum Gasteiger partial charge on any atom is -0.0917 e. The van der Waals surface area contributed by atoms with Gasteiger partial charge in [0.1, 0.15) is 7.28 Å². The predicted octanol–water partition coefficient (Wildman–Crippen LogP) is 1.61. The maximum atomic E-state index is 5.47. The van der Waals surface area contributed by atoms with Gasteiger partial charge in [-0.05, 0) is 0 Å². The molecule has 0 fully saturated rings. The van der Waals surface area contributed by atoms with Crippen molar-refractivity contribution in [1.82, 2.24) is 0 Å². The van der Waals surface area contributed by atoms with Crippen LogP contribution in [-0.4, -0.2) is 15.1 Å². The molecule has 0 unspecified atom stereocenters. The van der Waals surface area contributed by atoms with E-state index in [1.165, 1.54) is 11.1 Å². The fraction of sp³-hybridized carbons (Fsp3) is 0.333. The molecule has 0 aliphatic heterocycles. The Balaban J connectivity index is 2.66. The lowest BCUT2D eigenvalue weighted by Crippen LogP contribution is -1.91. The van der Waals surface area contributed by atoms with E-state index in [9.17, 15) is 0 Å². The molecule has 3 radical (unpaired) electrons. The molecule has 1 rings (SSSR count). The number of benzene rings is 1. The SMILES string of the molecule is [B]Cc1ccc(C[B]C)cc1. The van der Waals surface area contributed by atoms with Crippen LogP contribution in [0.25, 0.3) is 0 Å². The topological polar surface area (TPSA) is 0 Å². The van der Waals surface area contributed by atoms with Crippen LogP contribution in [-0.2, 0) is 12.6 Å². The molecule has 0 spiro atoms. The summed E-state index contributed by atoms with van der Waals surface area (Å²) >= 11 is 0. The second kappa shape index (κ2) is 4.27. The molecule has 0 aliphatic carbocycles. The van der Waals surface area contributed by atoms with Crippen molar-refractivity contribution in [2.24, 2.45) is 0 Å². The van der Waals surface area contributed by atoms with Crippen LogP contribution in [0.5, 0.6) is 0 Å². The third kappa shape index (κ3) is 2.45. The Hall–Kier alpha value is -0.650. The van der Waals surface area contributed by atoms with E-state index < -0.39 is 0 Å². The van der Waals surface area contributed by atoms with Gasteiger partial charge in [0.05, 0.1) is 7.85 Å². The highest BCUT2D eigenvalue weighted by molar-refractivity contribution is 6.32. The van der Waals surface area contributed by atoms with Crippen LogP contribution < -0.4 is 0 Å². The van der Waals surface area contributed by atoms with Gasteiger partial charge < -0.3 is 0 Å². The van der Waals surface area contributed by atoms with Crippen molar-refractivity contribution >= 4 is 15.1 Å². The molecule has 0 bridgehead atoms. The summed E-state index contributed by atoms with van der Waals surface area (Å²) in [7, 11) is 7.62. The Kier molecular flexibility index (Phi) is 3.28. The Bertz CT molecular complexity index is 203. The zero-order chi connectivity index (χ0) is 8.10. The Morgan fingerprint density at radius 2 is 1.73 bits per heavy atom. The van der Waals surface area contributed by atoms with E-state index in [0.717, 1.165) is 6.32 Å². The molecule has 2 heteroatoms. The van der Waals surface area contributed by atoms with Gasteiger partial charge in [0.2, 0.25) is 0 Å². The zero-order valence-electron chi connectivity index (χ0n) is 6.88. The molecular formula is C9H11B2. The molecule has 0 amide bonds. The van der Waals surface area contributed by atoms with Crippen LogP contribution in [0, 0.1) is 0 Å². The van der Waals surface area contributed by atoms with E-state index in [1.807, 2.05) is 0 Å². The molecule has 0 saturated carbocycles. The summed E-state index contributed by atoms with van der Waals surface area (Å²) in [6.45, 7) is 2.07. The summed E-state index contributed by atoms with van der Waals surface area (Å²) in [6.07, 6.45) is 1.68. The fourth-order valence-electron chi connectivity index (χ4n) is 1.05. The van der Waals surface area contributed by atoms with Crippen molar-refractivity contribution in [3.8, 4) is 0 Å². The summed E-state index contributed by atoms with van der Waals surface area (Å²) in [5.74, 6) is 0. The van der Waals surface area contributed by atoms with E-state index in [0.29, 0.717) is 6.32 Å². The Morgan fingerprint density at radius 1 is 1.18 bits per heavy atom. The molecule has 0 aliphatic rings. The lowest BCUT2D eigenvalue weighted by Gasteiger charge is -1.99. The molecule has 53 valence electrons. The summed E-state index contributed by atoms with van der Waals surface area (Å²) in [5.41, 5.74) is 2.55. The van der Waals surface area contributed by atoms with Crippen LogP contribution in [0.3, 0.4) is 0 Å². The molecule has 0 atom stereocenters. The van der Waals surface area contributed by atoms with Gasteiger partial charge >= 0.3 is 0 Å². The normalized spacial score (nSPS) is 9.55. The Labute approximate surface area is 70.7 Å². The van der Waals surface area contributed by atoms with E-state index in [2.05, 4.69) is 38.4 Å². The maximum absolute atomic E-state index is 5.47. The van der Waals surface area contributed by atoms with Crippen molar-refractivity contribution in [3.05, 3.63) is 35.4 Å². The first-order valence-corrected chi connectivity index (χ1v) is 3.92. The van der Waals surface area contributed by atoms with Crippen LogP contribution in [0.4, 0.5) is 0 Å². The molecule has 0 heterocycles. The van der Waals surface area contributed by atoms with Gasteiger partial charge in [-0.2, -0.15) is 0 Å². The van der Waals surface area contributed by atoms with Crippen LogP contribution in [0.1, 0.15) is 11.1 Å². The third-order valence-electron chi connectivity index (χ3n) is 1.70. The zero-order valence-corrected chi connectivity index (χ0v) is 6.88. The van der Waals surface area contributed by atoms with Crippen molar-refractivity contribution in [3.63, 3.8) is 0 Å². The fourth-order valence-corrected chi connectivity index (χ4v) is 1.05. The van der Waals surface area contributed by atoms with Crippen molar-refractivity contribution < 1.29 is 0 Å². The highest BCUT2D eigenvalue weighted by Crippen LogP contribution is 2.03. The highest BCUT2D eigenvalue weighted by atomic mass is 13.9. The van der Waals surface area contributed by atoms with Gasteiger partial charge in [-0.15, -0.1) is 0 Å². The number of rotatable bonds is 3. The van der Waals surface area contributed by atoms with Crippen molar-refractivity contribution in [2.45, 2.75) is 19.5 Å². The smallest absolute Gasteiger partial charge is 0.0917 e. The predicted molar refractivity (Wildman–Crippen MR) is 51.2 cm³/mol. The van der Waals surface area contributed by atoms with E-state index in [-0.39, 0.29) is 0 Å². The average Bonchev–Trinajstić information content (AvgIpc) is 2.07. The van der Waals surface area contributed by atoms with Crippen LogP contribution in [0.15, 0.2) is 24.3 Å². The monoisotopic (exact) mass is 141 g/mol. The summed E-state index contributed by atoms with van der Waals surface area (Å²) in [4.78, 5) is 0. The summed E-state index contributed by atoms with van der Waals surface area (Å²) in [6, 6.07) is 8.42. The van der Waals surface area contributed by atoms with Gasteiger partial charge in [0, 0.05) is 0 Å². The van der Waals surface area contributed by atoms with E-state index >= 15 is 0 Å². The molecule has 0 saturated heterocycles. The third-order valence-corrected chi connectivity index (χ3v) is 1.70. The first-order chi connectivity index (χ1) is 5.36. The first kappa shape index (κ1) is 8.45. The molecule has 0 N–H and O–H groups in total. The molecule has 11 heavy (non-hydrogen) atoms. The lowest BCUT2D eigenvalue weighted by atomic mass is 9.75. The summed E-state index contributed by atoms with van der Waals surface area (Å²) < 4.78 is 0. The number of hydrogen-bond acceptors (Lipinski definition) is 0. The highest BCUT2D eigenvalue weighted by Gasteiger charge is 1.91.